The average Bonchev–Trinajstić information content (AvgIpc) is 2.39. The minimum absolute atomic E-state index is 0.0343. The molecule has 1 heterocycles. The highest BCUT2D eigenvalue weighted by molar-refractivity contribution is 5.96. The zero-order valence-corrected chi connectivity index (χ0v) is 12.0. The summed E-state index contributed by atoms with van der Waals surface area (Å²) in [6.07, 6.45) is 5.57. The molecule has 0 radical (unpaired) electrons. The van der Waals surface area contributed by atoms with Gasteiger partial charge in [-0.2, -0.15) is 4.94 Å². The molecule has 0 saturated heterocycles. The van der Waals surface area contributed by atoms with Crippen LogP contribution in [0.2, 0.25) is 0 Å². The Hall–Kier alpha value is -1.26. The van der Waals surface area contributed by atoms with E-state index < -0.39 is 0 Å². The van der Waals surface area contributed by atoms with Gasteiger partial charge in [0, 0.05) is 12.3 Å². The molecule has 1 aliphatic heterocycles. The van der Waals surface area contributed by atoms with E-state index in [0.29, 0.717) is 19.3 Å². The summed E-state index contributed by atoms with van der Waals surface area (Å²) in [7, 11) is 0. The Bertz CT molecular complexity index is 464. The second-order valence-corrected chi connectivity index (χ2v) is 5.65. The first-order chi connectivity index (χ1) is 9.51. The summed E-state index contributed by atoms with van der Waals surface area (Å²) >= 11 is 0. The lowest BCUT2D eigenvalue weighted by Crippen LogP contribution is -2.37. The molecule has 3 atom stereocenters. The summed E-state index contributed by atoms with van der Waals surface area (Å²) in [5, 5.41) is 0. The number of ether oxygens (including phenoxy) is 1. The molecule has 110 valence electrons. The molecule has 0 spiro atoms. The molecule has 2 rings (SSSR count). The van der Waals surface area contributed by atoms with Gasteiger partial charge in [0.25, 0.3) is 0 Å². The molecular weight excluding hydrogens is 259 g/mol. The maximum absolute atomic E-state index is 11.8. The van der Waals surface area contributed by atoms with Crippen LogP contribution in [0.4, 0.5) is 4.53 Å². The Labute approximate surface area is 119 Å². The van der Waals surface area contributed by atoms with Crippen molar-refractivity contribution < 1.29 is 19.0 Å². The second-order valence-electron chi connectivity index (χ2n) is 5.65. The quantitative estimate of drug-likeness (QED) is 0.723. The van der Waals surface area contributed by atoms with Gasteiger partial charge in [-0.1, -0.05) is 23.8 Å². The van der Waals surface area contributed by atoms with Gasteiger partial charge in [-0.05, 0) is 42.9 Å². The number of Topliss-reactive ketones (excluding diaryl/α,β-unsaturated/α-hetero) is 1. The first-order valence-electron chi connectivity index (χ1n) is 6.97. The van der Waals surface area contributed by atoms with E-state index in [1.807, 2.05) is 19.9 Å². The minimum atomic E-state index is -0.0550. The van der Waals surface area contributed by atoms with Gasteiger partial charge in [0.1, 0.15) is 0 Å². The average molecular weight is 280 g/mol. The Morgan fingerprint density at radius 1 is 1.50 bits per heavy atom. The molecule has 0 N–H and O–H groups in total. The number of carbonyl (C=O) groups is 1. The number of allylic oxidation sites excluding steroid dienone is 1. The molecule has 20 heavy (non-hydrogen) atoms. The normalized spacial score (nSPS) is 29.6. The van der Waals surface area contributed by atoms with E-state index in [-0.39, 0.29) is 30.5 Å². The lowest BCUT2D eigenvalue weighted by molar-refractivity contribution is -0.130. The number of rotatable bonds is 5. The van der Waals surface area contributed by atoms with Crippen LogP contribution in [0, 0.1) is 5.92 Å². The summed E-state index contributed by atoms with van der Waals surface area (Å²) in [6.45, 7) is 7.83. The van der Waals surface area contributed by atoms with Gasteiger partial charge < -0.3 is 4.74 Å². The SMILES string of the molecule is C=C(CCOF)CC1C=C(C)C2CC(=O)C(C)=CC2O1. The molecule has 1 aliphatic carbocycles. The van der Waals surface area contributed by atoms with Crippen molar-refractivity contribution in [1.29, 1.82) is 0 Å². The fraction of sp³-hybridized carbons (Fsp3) is 0.562. The Morgan fingerprint density at radius 2 is 2.25 bits per heavy atom. The first-order valence-corrected chi connectivity index (χ1v) is 6.97. The molecule has 0 aromatic rings. The van der Waals surface area contributed by atoms with Crippen molar-refractivity contribution in [2.24, 2.45) is 5.92 Å². The van der Waals surface area contributed by atoms with Crippen molar-refractivity contribution >= 4 is 5.78 Å². The summed E-state index contributed by atoms with van der Waals surface area (Å²) in [4.78, 5) is 15.3. The fourth-order valence-electron chi connectivity index (χ4n) is 2.82. The van der Waals surface area contributed by atoms with Gasteiger partial charge >= 0.3 is 0 Å². The number of hydrogen-bond acceptors (Lipinski definition) is 3. The van der Waals surface area contributed by atoms with Crippen molar-refractivity contribution in [3.05, 3.63) is 35.5 Å². The molecule has 0 aromatic carbocycles. The van der Waals surface area contributed by atoms with E-state index in [4.69, 9.17) is 4.74 Å². The lowest BCUT2D eigenvalue weighted by Gasteiger charge is -2.36. The highest BCUT2D eigenvalue weighted by atomic mass is 19.3. The Balaban J connectivity index is 2.02. The van der Waals surface area contributed by atoms with Crippen molar-refractivity contribution in [3.8, 4) is 0 Å². The van der Waals surface area contributed by atoms with Crippen LogP contribution in [0.1, 0.15) is 33.1 Å². The predicted octanol–water partition coefficient (Wildman–Crippen LogP) is 3.47. The van der Waals surface area contributed by atoms with E-state index in [1.165, 1.54) is 5.57 Å². The maximum atomic E-state index is 11.8. The van der Waals surface area contributed by atoms with Gasteiger partial charge in [-0.25, -0.2) is 0 Å². The molecule has 0 bridgehead atoms. The molecular formula is C16H21FO3. The molecule has 0 saturated carbocycles. The van der Waals surface area contributed by atoms with Crippen LogP contribution in [-0.2, 0) is 14.5 Å². The monoisotopic (exact) mass is 280 g/mol. The number of carbonyl (C=O) groups excluding carboxylic acids is 1. The Kier molecular flexibility index (Phi) is 4.89. The summed E-state index contributed by atoms with van der Waals surface area (Å²) in [5.74, 6) is 0.357. The van der Waals surface area contributed by atoms with Crippen LogP contribution in [-0.4, -0.2) is 24.6 Å². The summed E-state index contributed by atoms with van der Waals surface area (Å²) in [6, 6.07) is 0. The lowest BCUT2D eigenvalue weighted by atomic mass is 9.80. The van der Waals surface area contributed by atoms with Crippen LogP contribution in [0.5, 0.6) is 0 Å². The first kappa shape index (κ1) is 15.1. The van der Waals surface area contributed by atoms with Gasteiger partial charge in [0.15, 0.2) is 5.78 Å². The molecule has 3 nitrogen and oxygen atoms in total. The standard InChI is InChI=1S/C16H21FO3/c1-10(4-5-19-17)6-13-7-11(2)14-9-15(18)12(3)8-16(14)20-13/h7-8,13-14,16H,1,4-6,9H2,2-3H3. The van der Waals surface area contributed by atoms with E-state index in [2.05, 4.69) is 17.6 Å². The predicted molar refractivity (Wildman–Crippen MR) is 74.7 cm³/mol. The topological polar surface area (TPSA) is 35.5 Å². The van der Waals surface area contributed by atoms with Crippen LogP contribution >= 0.6 is 0 Å². The molecule has 0 amide bonds. The number of hydrogen-bond donors (Lipinski definition) is 0. The van der Waals surface area contributed by atoms with E-state index in [9.17, 15) is 9.32 Å². The zero-order valence-electron chi connectivity index (χ0n) is 12.0. The van der Waals surface area contributed by atoms with Gasteiger partial charge in [-0.15, -0.1) is 0 Å². The third kappa shape index (κ3) is 3.44. The van der Waals surface area contributed by atoms with Crippen LogP contribution in [0.15, 0.2) is 35.5 Å². The van der Waals surface area contributed by atoms with E-state index in [0.717, 1.165) is 11.1 Å². The van der Waals surface area contributed by atoms with E-state index in [1.54, 1.807) is 0 Å². The van der Waals surface area contributed by atoms with Gasteiger partial charge in [-0.3, -0.25) is 4.79 Å². The van der Waals surface area contributed by atoms with Gasteiger partial charge in [0.05, 0.1) is 18.8 Å². The summed E-state index contributed by atoms with van der Waals surface area (Å²) < 4.78 is 17.7. The second kappa shape index (κ2) is 6.46. The largest absolute Gasteiger partial charge is 0.366 e. The van der Waals surface area contributed by atoms with Crippen LogP contribution in [0.3, 0.4) is 0 Å². The number of halogens is 1. The van der Waals surface area contributed by atoms with Crippen molar-refractivity contribution in [2.75, 3.05) is 6.61 Å². The zero-order chi connectivity index (χ0) is 14.7. The smallest absolute Gasteiger partial charge is 0.159 e. The van der Waals surface area contributed by atoms with Crippen LogP contribution < -0.4 is 0 Å². The molecule has 0 aromatic heterocycles. The highest BCUT2D eigenvalue weighted by Crippen LogP contribution is 2.35. The van der Waals surface area contributed by atoms with Crippen molar-refractivity contribution in [2.45, 2.75) is 45.3 Å². The molecule has 3 unspecified atom stereocenters. The van der Waals surface area contributed by atoms with Crippen LogP contribution in [0.25, 0.3) is 0 Å². The minimum Gasteiger partial charge on any atom is -0.366 e. The number of fused-ring (bicyclic) bond motifs is 1. The fourth-order valence-corrected chi connectivity index (χ4v) is 2.82. The molecule has 0 fully saturated rings. The van der Waals surface area contributed by atoms with Crippen molar-refractivity contribution in [3.63, 3.8) is 0 Å². The van der Waals surface area contributed by atoms with Crippen molar-refractivity contribution in [1.82, 2.24) is 0 Å². The number of ketones is 1. The maximum Gasteiger partial charge on any atom is 0.159 e. The van der Waals surface area contributed by atoms with E-state index >= 15 is 0 Å². The summed E-state index contributed by atoms with van der Waals surface area (Å²) in [5.41, 5.74) is 2.88. The molecule has 4 heteroatoms. The van der Waals surface area contributed by atoms with Gasteiger partial charge in [0.2, 0.25) is 0 Å². The highest BCUT2D eigenvalue weighted by Gasteiger charge is 2.34. The third-order valence-corrected chi connectivity index (χ3v) is 4.04. The third-order valence-electron chi connectivity index (χ3n) is 4.04. The molecule has 2 aliphatic rings. The Morgan fingerprint density at radius 3 is 2.95 bits per heavy atom.